The van der Waals surface area contributed by atoms with Crippen LogP contribution in [0.2, 0.25) is 0 Å². The van der Waals surface area contributed by atoms with E-state index in [0.717, 1.165) is 0 Å². The number of rotatable bonds is 3. The third-order valence-corrected chi connectivity index (χ3v) is 2.69. The molecule has 0 radical (unpaired) electrons. The average Bonchev–Trinajstić information content (AvgIpc) is 2.39. The molecule has 1 aliphatic rings. The summed E-state index contributed by atoms with van der Waals surface area (Å²) in [7, 11) is 0. The highest BCUT2D eigenvalue weighted by Crippen LogP contribution is 2.23. The van der Waals surface area contributed by atoms with Crippen molar-refractivity contribution in [2.75, 3.05) is 11.0 Å². The molecule has 0 aromatic carbocycles. The third-order valence-electron chi connectivity index (χ3n) is 1.82. The summed E-state index contributed by atoms with van der Waals surface area (Å²) in [5.41, 5.74) is 0. The maximum atomic E-state index is 9.56. The van der Waals surface area contributed by atoms with Gasteiger partial charge in [-0.3, -0.25) is 0 Å². The predicted octanol–water partition coefficient (Wildman–Crippen LogP) is -0.482. The monoisotopic (exact) mass is 298 g/mol. The van der Waals surface area contributed by atoms with Gasteiger partial charge >= 0.3 is 0 Å². The molecule has 1 unspecified atom stereocenters. The first kappa shape index (κ1) is 11.2. The maximum Gasteiger partial charge on any atom is 0.184 e. The van der Waals surface area contributed by atoms with Crippen LogP contribution in [0.1, 0.15) is 0 Å². The number of ether oxygens (including phenoxy) is 2. The van der Waals surface area contributed by atoms with Gasteiger partial charge in [0.2, 0.25) is 0 Å². The van der Waals surface area contributed by atoms with E-state index in [-0.39, 0.29) is 12.7 Å². The van der Waals surface area contributed by atoms with E-state index < -0.39 is 18.5 Å². The number of hydrogen-bond donors (Lipinski definition) is 2. The Morgan fingerprint density at radius 1 is 1.54 bits per heavy atom. The fraction of sp³-hybridized carbons (Fsp3) is 0.750. The number of alkyl halides is 1. The van der Waals surface area contributed by atoms with Crippen LogP contribution >= 0.6 is 22.6 Å². The Balaban J connectivity index is 2.49. The minimum atomic E-state index is -1.08. The Hall–Kier alpha value is 0.130. The minimum absolute atomic E-state index is 0.0656. The van der Waals surface area contributed by atoms with Crippen molar-refractivity contribution in [2.24, 2.45) is 0 Å². The van der Waals surface area contributed by atoms with E-state index in [2.05, 4.69) is 28.5 Å². The molecular weight excluding hydrogens is 287 g/mol. The lowest BCUT2D eigenvalue weighted by molar-refractivity contribution is -0.136. The fourth-order valence-electron chi connectivity index (χ4n) is 1.17. The van der Waals surface area contributed by atoms with Crippen LogP contribution in [0.4, 0.5) is 0 Å². The molecule has 1 aliphatic heterocycles. The molecule has 0 aromatic heterocycles. The van der Waals surface area contributed by atoms with Crippen molar-refractivity contribution in [3.05, 3.63) is 0 Å². The quantitative estimate of drug-likeness (QED) is 0.420. The molecular formula is C8H11IO4. The Labute approximate surface area is 90.4 Å². The van der Waals surface area contributed by atoms with Crippen molar-refractivity contribution < 1.29 is 19.7 Å². The first-order chi connectivity index (χ1) is 6.20. The first-order valence-electron chi connectivity index (χ1n) is 3.83. The number of hydrogen-bond acceptors (Lipinski definition) is 4. The SMILES string of the molecule is C#CCO[C@H]1[C@H](O)OC(CI)[C@H]1O. The predicted molar refractivity (Wildman–Crippen MR) is 54.3 cm³/mol. The molecule has 1 heterocycles. The van der Waals surface area contributed by atoms with Gasteiger partial charge in [0, 0.05) is 4.43 Å². The second-order valence-electron chi connectivity index (χ2n) is 2.69. The molecule has 5 heteroatoms. The van der Waals surface area contributed by atoms with Crippen molar-refractivity contribution in [1.29, 1.82) is 0 Å². The standard InChI is InChI=1S/C8H11IO4/c1-2-3-12-7-6(10)5(4-9)13-8(7)11/h1,5-8,10-11H,3-4H2/t5?,6-,7-,8-/m1/s1. The number of terminal acetylenes is 1. The van der Waals surface area contributed by atoms with Crippen LogP contribution in [-0.4, -0.2) is 45.8 Å². The lowest BCUT2D eigenvalue weighted by Gasteiger charge is -2.15. The zero-order valence-electron chi connectivity index (χ0n) is 6.89. The Morgan fingerprint density at radius 3 is 2.69 bits per heavy atom. The highest BCUT2D eigenvalue weighted by molar-refractivity contribution is 14.1. The molecule has 0 spiro atoms. The van der Waals surface area contributed by atoms with E-state index in [0.29, 0.717) is 4.43 Å². The number of aliphatic hydroxyl groups is 2. The van der Waals surface area contributed by atoms with Gasteiger partial charge in [0.25, 0.3) is 0 Å². The summed E-state index contributed by atoms with van der Waals surface area (Å²) in [6.45, 7) is 0.0656. The smallest absolute Gasteiger partial charge is 0.184 e. The van der Waals surface area contributed by atoms with E-state index in [1.54, 1.807) is 0 Å². The molecule has 1 fully saturated rings. The van der Waals surface area contributed by atoms with Crippen LogP contribution in [0.5, 0.6) is 0 Å². The van der Waals surface area contributed by atoms with Crippen LogP contribution in [-0.2, 0) is 9.47 Å². The minimum Gasteiger partial charge on any atom is -0.387 e. The number of aliphatic hydroxyl groups excluding tert-OH is 2. The van der Waals surface area contributed by atoms with Gasteiger partial charge in [-0.05, 0) is 0 Å². The lowest BCUT2D eigenvalue weighted by Crippen LogP contribution is -2.35. The highest BCUT2D eigenvalue weighted by Gasteiger charge is 2.42. The first-order valence-corrected chi connectivity index (χ1v) is 5.36. The van der Waals surface area contributed by atoms with Crippen molar-refractivity contribution in [1.82, 2.24) is 0 Å². The molecule has 1 rings (SSSR count). The van der Waals surface area contributed by atoms with Crippen molar-refractivity contribution >= 4 is 22.6 Å². The Kier molecular flexibility index (Phi) is 4.41. The lowest BCUT2D eigenvalue weighted by atomic mass is 10.1. The maximum absolute atomic E-state index is 9.56. The van der Waals surface area contributed by atoms with Crippen LogP contribution in [0, 0.1) is 12.3 Å². The molecule has 1 saturated heterocycles. The summed E-state index contributed by atoms with van der Waals surface area (Å²) >= 11 is 2.07. The molecule has 0 aromatic rings. The van der Waals surface area contributed by atoms with E-state index >= 15 is 0 Å². The van der Waals surface area contributed by atoms with Gasteiger partial charge in [-0.1, -0.05) is 28.5 Å². The van der Waals surface area contributed by atoms with Gasteiger partial charge in [-0.25, -0.2) is 0 Å². The second kappa shape index (κ2) is 5.12. The van der Waals surface area contributed by atoms with Gasteiger partial charge < -0.3 is 19.7 Å². The van der Waals surface area contributed by atoms with E-state index in [4.69, 9.17) is 15.9 Å². The van der Waals surface area contributed by atoms with Gasteiger partial charge in [0.1, 0.15) is 18.8 Å². The molecule has 2 N–H and O–H groups in total. The molecule has 4 nitrogen and oxygen atoms in total. The van der Waals surface area contributed by atoms with Crippen LogP contribution in [0.15, 0.2) is 0 Å². The second-order valence-corrected chi connectivity index (χ2v) is 3.57. The van der Waals surface area contributed by atoms with Crippen molar-refractivity contribution in [2.45, 2.75) is 24.6 Å². The van der Waals surface area contributed by atoms with E-state index in [1.165, 1.54) is 0 Å². The average molecular weight is 298 g/mol. The van der Waals surface area contributed by atoms with Crippen molar-refractivity contribution in [3.8, 4) is 12.3 Å². The summed E-state index contributed by atoms with van der Waals surface area (Å²) in [6, 6.07) is 0. The van der Waals surface area contributed by atoms with Crippen LogP contribution in [0.25, 0.3) is 0 Å². The summed E-state index contributed by atoms with van der Waals surface area (Å²) in [6.07, 6.45) is 2.00. The van der Waals surface area contributed by atoms with Gasteiger partial charge in [0.05, 0.1) is 6.10 Å². The molecule has 0 aliphatic carbocycles. The highest BCUT2D eigenvalue weighted by atomic mass is 127. The molecule has 74 valence electrons. The zero-order valence-corrected chi connectivity index (χ0v) is 9.05. The topological polar surface area (TPSA) is 58.9 Å². The summed E-state index contributed by atoms with van der Waals surface area (Å²) < 4.78 is 10.7. The molecule has 13 heavy (non-hydrogen) atoms. The van der Waals surface area contributed by atoms with Gasteiger partial charge in [-0.2, -0.15) is 0 Å². The molecule has 0 saturated carbocycles. The largest absolute Gasteiger partial charge is 0.387 e. The molecule has 0 bridgehead atoms. The molecule has 0 amide bonds. The van der Waals surface area contributed by atoms with Crippen LogP contribution in [0.3, 0.4) is 0 Å². The summed E-state index contributed by atoms with van der Waals surface area (Å²) in [4.78, 5) is 0. The normalized spacial score (nSPS) is 38.9. The van der Waals surface area contributed by atoms with Gasteiger partial charge in [-0.15, -0.1) is 6.42 Å². The van der Waals surface area contributed by atoms with E-state index in [9.17, 15) is 10.2 Å². The van der Waals surface area contributed by atoms with Gasteiger partial charge in [0.15, 0.2) is 6.29 Å². The third kappa shape index (κ3) is 2.54. The Bertz CT molecular complexity index is 203. The number of halogens is 1. The Morgan fingerprint density at radius 2 is 2.23 bits per heavy atom. The molecule has 4 atom stereocenters. The fourth-order valence-corrected chi connectivity index (χ4v) is 1.90. The zero-order chi connectivity index (χ0) is 9.84. The summed E-state index contributed by atoms with van der Waals surface area (Å²) in [5, 5.41) is 18.9. The van der Waals surface area contributed by atoms with Crippen LogP contribution < -0.4 is 0 Å². The van der Waals surface area contributed by atoms with Crippen molar-refractivity contribution in [3.63, 3.8) is 0 Å². The summed E-state index contributed by atoms with van der Waals surface area (Å²) in [5.74, 6) is 2.27. The van der Waals surface area contributed by atoms with E-state index in [1.807, 2.05) is 0 Å².